The zero-order chi connectivity index (χ0) is 25.4. The summed E-state index contributed by atoms with van der Waals surface area (Å²) in [5, 5.41) is 2.60. The molecule has 0 saturated carbocycles. The van der Waals surface area contributed by atoms with E-state index in [1.165, 1.54) is 44.9 Å². The number of nitrogens with one attached hydrogen (secondary N) is 1. The molecule has 0 radical (unpaired) electrons. The fourth-order valence-corrected chi connectivity index (χ4v) is 3.99. The third-order valence-corrected chi connectivity index (χ3v) is 6.00. The number of carbonyl (C=O) groups is 3. The topological polar surface area (TPSA) is 84.9 Å². The van der Waals surface area contributed by atoms with Crippen molar-refractivity contribution in [3.05, 3.63) is 58.1 Å². The molecular formula is C27H31ClN2O5. The number of benzene rings is 2. The quantitative estimate of drug-likeness (QED) is 0.231. The molecule has 1 N–H and O–H groups in total. The minimum Gasteiger partial charge on any atom is -0.493 e. The van der Waals surface area contributed by atoms with E-state index in [-0.39, 0.29) is 5.57 Å². The average molecular weight is 499 g/mol. The highest BCUT2D eigenvalue weighted by molar-refractivity contribution is 6.39. The molecule has 8 heteroatoms. The number of nitrogens with zero attached hydrogens (tertiary/aromatic N) is 1. The first-order chi connectivity index (χ1) is 16.8. The van der Waals surface area contributed by atoms with Crippen LogP contribution in [0.3, 0.4) is 0 Å². The van der Waals surface area contributed by atoms with Gasteiger partial charge < -0.3 is 9.47 Å². The normalized spacial score (nSPS) is 14.9. The summed E-state index contributed by atoms with van der Waals surface area (Å²) in [4.78, 5) is 39.1. The second-order valence-electron chi connectivity index (χ2n) is 8.42. The van der Waals surface area contributed by atoms with Crippen molar-refractivity contribution in [1.29, 1.82) is 0 Å². The Labute approximate surface area is 211 Å². The van der Waals surface area contributed by atoms with Crippen LogP contribution >= 0.6 is 11.6 Å². The van der Waals surface area contributed by atoms with Crippen LogP contribution in [0.15, 0.2) is 42.0 Å². The molecule has 1 heterocycles. The molecule has 0 spiro atoms. The van der Waals surface area contributed by atoms with E-state index >= 15 is 0 Å². The number of hydrogen-bond acceptors (Lipinski definition) is 5. The van der Waals surface area contributed by atoms with Gasteiger partial charge in [0.1, 0.15) is 5.57 Å². The summed E-state index contributed by atoms with van der Waals surface area (Å²) in [5.41, 5.74) is 1.37. The standard InChI is InChI=1S/C27H31ClN2O5/c1-4-5-6-7-8-9-14-35-23-13-11-19(16-24(23)34-3)15-21-25(31)29-27(33)30(26(21)32)22-17-20(28)12-10-18(22)2/h10-13,15-17H,4-9,14H2,1-3H3,(H,29,31,33)/b21-15+. The SMILES string of the molecule is CCCCCCCCOc1ccc(/C=C2\C(=O)NC(=O)N(c3cc(Cl)ccc3C)C2=O)cc1OC. The van der Waals surface area contributed by atoms with E-state index in [1.807, 2.05) is 0 Å². The van der Waals surface area contributed by atoms with Crippen molar-refractivity contribution >= 4 is 41.2 Å². The highest BCUT2D eigenvalue weighted by atomic mass is 35.5. The van der Waals surface area contributed by atoms with E-state index in [4.69, 9.17) is 21.1 Å². The maximum atomic E-state index is 13.2. The van der Waals surface area contributed by atoms with Crippen molar-refractivity contribution in [3.63, 3.8) is 0 Å². The van der Waals surface area contributed by atoms with E-state index in [9.17, 15) is 14.4 Å². The molecule has 4 amide bonds. The molecule has 1 aliphatic rings. The van der Waals surface area contributed by atoms with Crippen LogP contribution in [0.4, 0.5) is 10.5 Å². The minimum absolute atomic E-state index is 0.174. The van der Waals surface area contributed by atoms with Crippen molar-refractivity contribution in [2.24, 2.45) is 0 Å². The molecule has 0 unspecified atom stereocenters. The number of barbiturate groups is 1. The highest BCUT2D eigenvalue weighted by Gasteiger charge is 2.37. The van der Waals surface area contributed by atoms with Crippen LogP contribution in [0.25, 0.3) is 6.08 Å². The van der Waals surface area contributed by atoms with Gasteiger partial charge in [-0.2, -0.15) is 0 Å². The van der Waals surface area contributed by atoms with Gasteiger partial charge in [-0.15, -0.1) is 0 Å². The van der Waals surface area contributed by atoms with Crippen molar-refractivity contribution in [2.75, 3.05) is 18.6 Å². The van der Waals surface area contributed by atoms with E-state index in [0.717, 1.165) is 17.7 Å². The van der Waals surface area contributed by atoms with Crippen molar-refractivity contribution < 1.29 is 23.9 Å². The zero-order valence-corrected chi connectivity index (χ0v) is 21.1. The first-order valence-electron chi connectivity index (χ1n) is 11.8. The molecule has 0 aliphatic carbocycles. The number of rotatable bonds is 11. The number of anilines is 1. The lowest BCUT2D eigenvalue weighted by Gasteiger charge is -2.27. The number of amides is 4. The first kappa shape index (κ1) is 26.3. The van der Waals surface area contributed by atoms with Crippen LogP contribution in [0.1, 0.15) is 56.6 Å². The van der Waals surface area contributed by atoms with Crippen LogP contribution in [0, 0.1) is 6.92 Å². The lowest BCUT2D eigenvalue weighted by atomic mass is 10.1. The van der Waals surface area contributed by atoms with E-state index in [0.29, 0.717) is 39.9 Å². The second kappa shape index (κ2) is 12.4. The van der Waals surface area contributed by atoms with Crippen molar-refractivity contribution in [1.82, 2.24) is 5.32 Å². The Hall–Kier alpha value is -3.32. The lowest BCUT2D eigenvalue weighted by molar-refractivity contribution is -0.122. The summed E-state index contributed by atoms with van der Waals surface area (Å²) in [7, 11) is 1.53. The molecule has 2 aromatic carbocycles. The zero-order valence-electron chi connectivity index (χ0n) is 20.4. The van der Waals surface area contributed by atoms with Gasteiger partial charge in [-0.1, -0.05) is 62.8 Å². The second-order valence-corrected chi connectivity index (χ2v) is 8.85. The van der Waals surface area contributed by atoms with Gasteiger partial charge in [0, 0.05) is 5.02 Å². The molecule has 0 aromatic heterocycles. The van der Waals surface area contributed by atoms with Crippen molar-refractivity contribution in [2.45, 2.75) is 52.4 Å². The highest BCUT2D eigenvalue weighted by Crippen LogP contribution is 2.31. The molecule has 1 aliphatic heterocycles. The molecule has 35 heavy (non-hydrogen) atoms. The number of urea groups is 1. The number of hydrogen-bond donors (Lipinski definition) is 1. The third kappa shape index (κ3) is 6.63. The Bertz CT molecular complexity index is 1130. The van der Waals surface area contributed by atoms with Crippen LogP contribution in [0.5, 0.6) is 11.5 Å². The summed E-state index contributed by atoms with van der Waals surface area (Å²) >= 11 is 6.07. The number of unbranched alkanes of at least 4 members (excludes halogenated alkanes) is 5. The molecule has 1 saturated heterocycles. The smallest absolute Gasteiger partial charge is 0.335 e. The van der Waals surface area contributed by atoms with Crippen LogP contribution in [0.2, 0.25) is 5.02 Å². The molecule has 2 aromatic rings. The van der Waals surface area contributed by atoms with Gasteiger partial charge in [0.2, 0.25) is 0 Å². The summed E-state index contributed by atoms with van der Waals surface area (Å²) < 4.78 is 11.3. The molecule has 7 nitrogen and oxygen atoms in total. The van der Waals surface area contributed by atoms with E-state index in [2.05, 4.69) is 12.2 Å². The molecule has 186 valence electrons. The number of methoxy groups -OCH3 is 1. The van der Waals surface area contributed by atoms with Gasteiger partial charge in [0.05, 0.1) is 19.4 Å². The summed E-state index contributed by atoms with van der Waals surface area (Å²) in [5.74, 6) is -0.411. The van der Waals surface area contributed by atoms with E-state index < -0.39 is 17.8 Å². The number of halogens is 1. The molecule has 0 atom stereocenters. The maximum Gasteiger partial charge on any atom is 0.335 e. The molecule has 3 rings (SSSR count). The van der Waals surface area contributed by atoms with Crippen molar-refractivity contribution in [3.8, 4) is 11.5 Å². The van der Waals surface area contributed by atoms with Gasteiger partial charge in [-0.3, -0.25) is 14.9 Å². The summed E-state index contributed by atoms with van der Waals surface area (Å²) in [6, 6.07) is 9.23. The maximum absolute atomic E-state index is 13.2. The Morgan fingerprint density at radius 1 is 0.971 bits per heavy atom. The first-order valence-corrected chi connectivity index (χ1v) is 12.2. The Kier molecular flexibility index (Phi) is 9.32. The summed E-state index contributed by atoms with van der Waals surface area (Å²) in [6.45, 7) is 4.53. The van der Waals surface area contributed by atoms with Gasteiger partial charge >= 0.3 is 6.03 Å². The summed E-state index contributed by atoms with van der Waals surface area (Å²) in [6.07, 6.45) is 8.43. The number of aryl methyl sites for hydroxylation is 1. The fraction of sp³-hybridized carbons (Fsp3) is 0.370. The van der Waals surface area contributed by atoms with Gasteiger partial charge in [-0.25, -0.2) is 9.69 Å². The fourth-order valence-electron chi connectivity index (χ4n) is 3.82. The number of carbonyl (C=O) groups excluding carboxylic acids is 3. The predicted molar refractivity (Wildman–Crippen MR) is 137 cm³/mol. The predicted octanol–water partition coefficient (Wildman–Crippen LogP) is 6.06. The number of imide groups is 2. The molecular weight excluding hydrogens is 468 g/mol. The Balaban J connectivity index is 1.77. The minimum atomic E-state index is -0.821. The van der Waals surface area contributed by atoms with Crippen LogP contribution < -0.4 is 19.7 Å². The molecule has 1 fully saturated rings. The Morgan fingerprint density at radius 2 is 1.71 bits per heavy atom. The van der Waals surface area contributed by atoms with Gasteiger partial charge in [-0.05, 0) is 54.8 Å². The monoisotopic (exact) mass is 498 g/mol. The van der Waals surface area contributed by atoms with Crippen LogP contribution in [-0.4, -0.2) is 31.6 Å². The lowest BCUT2D eigenvalue weighted by Crippen LogP contribution is -2.54. The van der Waals surface area contributed by atoms with E-state index in [1.54, 1.807) is 37.3 Å². The van der Waals surface area contributed by atoms with Crippen LogP contribution in [-0.2, 0) is 9.59 Å². The number of ether oxygens (including phenoxy) is 2. The largest absolute Gasteiger partial charge is 0.493 e. The average Bonchev–Trinajstić information content (AvgIpc) is 2.83. The van der Waals surface area contributed by atoms with Gasteiger partial charge in [0.15, 0.2) is 11.5 Å². The third-order valence-electron chi connectivity index (χ3n) is 5.77. The molecule has 0 bridgehead atoms. The van der Waals surface area contributed by atoms with Gasteiger partial charge in [0.25, 0.3) is 11.8 Å². The Morgan fingerprint density at radius 3 is 2.46 bits per heavy atom.